The molecule has 2 amide bonds. The van der Waals surface area contributed by atoms with E-state index in [1.807, 2.05) is 19.1 Å². The summed E-state index contributed by atoms with van der Waals surface area (Å²) in [6.07, 6.45) is 4.12. The molecular formula is C18H18N2O4S. The smallest absolute Gasteiger partial charge is 0.339 e. The van der Waals surface area contributed by atoms with Crippen molar-refractivity contribution in [3.63, 3.8) is 0 Å². The molecule has 0 bridgehead atoms. The van der Waals surface area contributed by atoms with Crippen LogP contribution in [-0.4, -0.2) is 21.0 Å². The molecule has 1 aliphatic rings. The van der Waals surface area contributed by atoms with Crippen LogP contribution in [0, 0.1) is 0 Å². The van der Waals surface area contributed by atoms with Crippen LogP contribution in [0.15, 0.2) is 65.7 Å². The molecule has 2 aromatic carbocycles. The summed E-state index contributed by atoms with van der Waals surface area (Å²) >= 11 is 0. The van der Waals surface area contributed by atoms with Crippen LogP contribution in [-0.2, 0) is 16.5 Å². The molecule has 0 saturated carbocycles. The van der Waals surface area contributed by atoms with Gasteiger partial charge in [0.2, 0.25) is 0 Å². The van der Waals surface area contributed by atoms with Crippen molar-refractivity contribution < 1.29 is 17.4 Å². The van der Waals surface area contributed by atoms with Gasteiger partial charge >= 0.3 is 16.1 Å². The quantitative estimate of drug-likeness (QED) is 0.834. The van der Waals surface area contributed by atoms with E-state index in [-0.39, 0.29) is 10.9 Å². The number of hydrogen-bond donors (Lipinski definition) is 1. The number of anilines is 1. The highest BCUT2D eigenvalue weighted by Crippen LogP contribution is 2.25. The molecule has 0 atom stereocenters. The third-order valence-electron chi connectivity index (χ3n) is 3.80. The Hall–Kier alpha value is -2.80. The first-order valence-corrected chi connectivity index (χ1v) is 9.28. The molecule has 0 unspecified atom stereocenters. The summed E-state index contributed by atoms with van der Waals surface area (Å²) in [7, 11) is -3.94. The van der Waals surface area contributed by atoms with Crippen molar-refractivity contribution in [2.75, 3.05) is 11.4 Å². The van der Waals surface area contributed by atoms with E-state index in [9.17, 15) is 13.2 Å². The van der Waals surface area contributed by atoms with Crippen molar-refractivity contribution in [3.05, 3.63) is 66.4 Å². The number of para-hydroxylation sites is 1. The summed E-state index contributed by atoms with van der Waals surface area (Å²) in [4.78, 5) is 13.2. The lowest BCUT2D eigenvalue weighted by Gasteiger charge is -2.22. The van der Waals surface area contributed by atoms with Gasteiger partial charge in [-0.3, -0.25) is 4.90 Å². The molecule has 0 fully saturated rings. The van der Waals surface area contributed by atoms with Crippen molar-refractivity contribution in [3.8, 4) is 5.75 Å². The summed E-state index contributed by atoms with van der Waals surface area (Å²) in [5, 5.41) is 2.68. The van der Waals surface area contributed by atoms with Gasteiger partial charge < -0.3 is 9.50 Å². The standard InChI is InChI=1S/C18H18N2O4S/c1-2-14-6-3-4-7-17(14)24-25(22,23)16-10-8-15(9-11-16)20-13-5-12-19-18(20)21/h3-11,13H,2,12H2,1H3,(H,19,21). The first kappa shape index (κ1) is 17.0. The molecule has 3 rings (SSSR count). The number of hydrogen-bond acceptors (Lipinski definition) is 4. The molecule has 130 valence electrons. The van der Waals surface area contributed by atoms with E-state index >= 15 is 0 Å². The number of aryl methyl sites for hydroxylation is 1. The molecule has 1 heterocycles. The molecular weight excluding hydrogens is 340 g/mol. The van der Waals surface area contributed by atoms with Gasteiger partial charge in [0, 0.05) is 12.7 Å². The second-order valence-corrected chi connectivity index (χ2v) is 6.98. The minimum Gasteiger partial charge on any atom is -0.379 e. The van der Waals surface area contributed by atoms with Crippen molar-refractivity contribution in [1.82, 2.24) is 5.32 Å². The van der Waals surface area contributed by atoms with Crippen molar-refractivity contribution in [2.45, 2.75) is 18.2 Å². The third-order valence-corrected chi connectivity index (χ3v) is 5.05. The first-order chi connectivity index (χ1) is 12.0. The predicted octanol–water partition coefficient (Wildman–Crippen LogP) is 3.06. The monoisotopic (exact) mass is 358 g/mol. The van der Waals surface area contributed by atoms with Crippen LogP contribution in [0.5, 0.6) is 5.75 Å². The van der Waals surface area contributed by atoms with E-state index in [4.69, 9.17) is 4.18 Å². The maximum atomic E-state index is 12.5. The number of carbonyl (C=O) groups excluding carboxylic acids is 1. The number of urea groups is 1. The molecule has 6 nitrogen and oxygen atoms in total. The average Bonchev–Trinajstić information content (AvgIpc) is 2.62. The Morgan fingerprint density at radius 2 is 1.84 bits per heavy atom. The van der Waals surface area contributed by atoms with Gasteiger partial charge in [-0.05, 0) is 48.4 Å². The van der Waals surface area contributed by atoms with E-state index in [0.29, 0.717) is 24.4 Å². The predicted molar refractivity (Wildman–Crippen MR) is 95.1 cm³/mol. The second-order valence-electron chi connectivity index (χ2n) is 5.43. The van der Waals surface area contributed by atoms with Gasteiger partial charge in [-0.15, -0.1) is 0 Å². The summed E-state index contributed by atoms with van der Waals surface area (Å²) in [6.45, 7) is 2.41. The maximum Gasteiger partial charge on any atom is 0.339 e. The Morgan fingerprint density at radius 3 is 2.52 bits per heavy atom. The summed E-state index contributed by atoms with van der Waals surface area (Å²) in [5.41, 5.74) is 1.39. The highest BCUT2D eigenvalue weighted by molar-refractivity contribution is 7.87. The number of amides is 2. The normalized spacial score (nSPS) is 14.3. The SMILES string of the molecule is CCc1ccccc1OS(=O)(=O)c1ccc(N2C=CCNC2=O)cc1. The summed E-state index contributed by atoms with van der Waals surface area (Å²) in [6, 6.07) is 12.8. The first-order valence-electron chi connectivity index (χ1n) is 7.87. The molecule has 1 aliphatic heterocycles. The fourth-order valence-electron chi connectivity index (χ4n) is 2.48. The van der Waals surface area contributed by atoms with Crippen LogP contribution < -0.4 is 14.4 Å². The fourth-order valence-corrected chi connectivity index (χ4v) is 3.44. The van der Waals surface area contributed by atoms with Gasteiger partial charge in [-0.25, -0.2) is 4.79 Å². The Kier molecular flexibility index (Phi) is 4.76. The largest absolute Gasteiger partial charge is 0.379 e. The zero-order valence-electron chi connectivity index (χ0n) is 13.7. The van der Waals surface area contributed by atoms with Gasteiger partial charge in [0.25, 0.3) is 0 Å². The molecule has 7 heteroatoms. The molecule has 2 aromatic rings. The van der Waals surface area contributed by atoms with Crippen molar-refractivity contribution in [1.29, 1.82) is 0 Å². The Bertz CT molecular complexity index is 905. The Labute approximate surface area is 146 Å². The molecule has 0 aliphatic carbocycles. The van der Waals surface area contributed by atoms with E-state index in [2.05, 4.69) is 5.32 Å². The summed E-state index contributed by atoms with van der Waals surface area (Å²) < 4.78 is 30.3. The van der Waals surface area contributed by atoms with Crippen LogP contribution in [0.1, 0.15) is 12.5 Å². The fraction of sp³-hybridized carbons (Fsp3) is 0.167. The van der Waals surface area contributed by atoms with Gasteiger partial charge in [0.15, 0.2) is 0 Å². The van der Waals surface area contributed by atoms with Gasteiger partial charge in [0.05, 0.1) is 5.69 Å². The summed E-state index contributed by atoms with van der Waals surface area (Å²) in [5.74, 6) is 0.326. The topological polar surface area (TPSA) is 75.7 Å². The molecule has 0 radical (unpaired) electrons. The molecule has 0 aromatic heterocycles. The Balaban J connectivity index is 1.84. The van der Waals surface area contributed by atoms with Crippen molar-refractivity contribution >= 4 is 21.8 Å². The zero-order chi connectivity index (χ0) is 17.9. The number of rotatable bonds is 5. The number of benzene rings is 2. The molecule has 1 N–H and O–H groups in total. The lowest BCUT2D eigenvalue weighted by atomic mass is 10.1. The highest BCUT2D eigenvalue weighted by Gasteiger charge is 2.20. The maximum absolute atomic E-state index is 12.5. The Morgan fingerprint density at radius 1 is 1.12 bits per heavy atom. The lowest BCUT2D eigenvalue weighted by molar-refractivity contribution is 0.248. The van der Waals surface area contributed by atoms with Crippen LogP contribution in [0.4, 0.5) is 10.5 Å². The average molecular weight is 358 g/mol. The van der Waals surface area contributed by atoms with E-state index in [1.54, 1.807) is 36.5 Å². The van der Waals surface area contributed by atoms with Crippen LogP contribution in [0.3, 0.4) is 0 Å². The van der Waals surface area contributed by atoms with Gasteiger partial charge in [-0.2, -0.15) is 8.42 Å². The van der Waals surface area contributed by atoms with Crippen LogP contribution in [0.25, 0.3) is 0 Å². The van der Waals surface area contributed by atoms with Crippen LogP contribution in [0.2, 0.25) is 0 Å². The number of nitrogens with one attached hydrogen (secondary N) is 1. The number of carbonyl (C=O) groups is 1. The number of nitrogens with zero attached hydrogens (tertiary/aromatic N) is 1. The van der Waals surface area contributed by atoms with Gasteiger partial charge in [0.1, 0.15) is 10.6 Å². The third kappa shape index (κ3) is 3.66. The van der Waals surface area contributed by atoms with E-state index in [0.717, 1.165) is 5.56 Å². The molecule has 0 spiro atoms. The molecule has 0 saturated heterocycles. The minimum atomic E-state index is -3.94. The second kappa shape index (κ2) is 6.98. The van der Waals surface area contributed by atoms with Crippen molar-refractivity contribution in [2.24, 2.45) is 0 Å². The van der Waals surface area contributed by atoms with E-state index in [1.165, 1.54) is 17.0 Å². The molecule has 25 heavy (non-hydrogen) atoms. The lowest BCUT2D eigenvalue weighted by Crippen LogP contribution is -2.39. The van der Waals surface area contributed by atoms with Gasteiger partial charge in [-0.1, -0.05) is 25.1 Å². The highest BCUT2D eigenvalue weighted by atomic mass is 32.2. The zero-order valence-corrected chi connectivity index (χ0v) is 14.5. The van der Waals surface area contributed by atoms with Crippen LogP contribution >= 0.6 is 0 Å². The van der Waals surface area contributed by atoms with E-state index < -0.39 is 10.1 Å². The minimum absolute atomic E-state index is 0.0311.